The van der Waals surface area contributed by atoms with Crippen LogP contribution in [0.5, 0.6) is 0 Å². The van der Waals surface area contributed by atoms with Crippen molar-refractivity contribution in [2.45, 2.75) is 45.6 Å². The molecule has 0 amide bonds. The lowest BCUT2D eigenvalue weighted by molar-refractivity contribution is -0.148. The van der Waals surface area contributed by atoms with E-state index < -0.39 is 0 Å². The van der Waals surface area contributed by atoms with Gasteiger partial charge in [0.2, 0.25) is 0 Å². The molecule has 0 bridgehead atoms. The number of esters is 1. The number of Topliss-reactive ketones (excluding diaryl/α,β-unsaturated/α-hetero) is 1. The molecule has 1 unspecified atom stereocenters. The molecule has 20 heavy (non-hydrogen) atoms. The lowest BCUT2D eigenvalue weighted by Crippen LogP contribution is -2.12. The molecule has 5 heteroatoms. The molecular formula is C15H24O5. The fourth-order valence-corrected chi connectivity index (χ4v) is 2.11. The Morgan fingerprint density at radius 3 is 2.80 bits per heavy atom. The van der Waals surface area contributed by atoms with Crippen molar-refractivity contribution in [3.63, 3.8) is 0 Å². The van der Waals surface area contributed by atoms with Crippen molar-refractivity contribution in [2.24, 2.45) is 0 Å². The van der Waals surface area contributed by atoms with Gasteiger partial charge in [-0.1, -0.05) is 0 Å². The number of allylic oxidation sites excluding steroid dienone is 1. The molecule has 0 aliphatic heterocycles. The van der Waals surface area contributed by atoms with E-state index in [1.54, 1.807) is 6.92 Å². The third kappa shape index (κ3) is 6.30. The van der Waals surface area contributed by atoms with Gasteiger partial charge in [-0.3, -0.25) is 4.79 Å². The Labute approximate surface area is 120 Å². The molecule has 5 nitrogen and oxygen atoms in total. The van der Waals surface area contributed by atoms with Gasteiger partial charge < -0.3 is 14.2 Å². The zero-order valence-corrected chi connectivity index (χ0v) is 12.4. The van der Waals surface area contributed by atoms with Gasteiger partial charge in [-0.05, 0) is 44.8 Å². The molecule has 0 aromatic carbocycles. The molecule has 0 aromatic heterocycles. The van der Waals surface area contributed by atoms with Crippen LogP contribution in [0.4, 0.5) is 0 Å². The van der Waals surface area contributed by atoms with E-state index in [-0.39, 0.29) is 24.5 Å². The molecule has 114 valence electrons. The Kier molecular flexibility index (Phi) is 8.14. The fraction of sp³-hybridized carbons (Fsp3) is 0.733. The number of carbonyl (C=O) groups is 2. The van der Waals surface area contributed by atoms with Gasteiger partial charge in [0.25, 0.3) is 0 Å². The smallest absolute Gasteiger partial charge is 0.332 e. The second kappa shape index (κ2) is 9.66. The number of carbonyl (C=O) groups excluding carboxylic acids is 2. The highest BCUT2D eigenvalue weighted by atomic mass is 16.6. The van der Waals surface area contributed by atoms with Gasteiger partial charge in [0, 0.05) is 19.6 Å². The number of ether oxygens (including phenoxy) is 3. The first-order chi connectivity index (χ1) is 9.67. The minimum atomic E-state index is -0.333. The molecule has 0 radical (unpaired) electrons. The van der Waals surface area contributed by atoms with E-state index in [1.165, 1.54) is 0 Å². The second-order valence-corrected chi connectivity index (χ2v) is 4.63. The summed E-state index contributed by atoms with van der Waals surface area (Å²) in [5, 5.41) is 0. The van der Waals surface area contributed by atoms with E-state index in [0.29, 0.717) is 26.2 Å². The predicted octanol–water partition coefficient (Wildman–Crippen LogP) is 2.04. The SMILES string of the molecule is CCOC(=O)COCCCCC1=CC(OCC)CC1=O. The Balaban J connectivity index is 2.08. The topological polar surface area (TPSA) is 61.8 Å². The maximum Gasteiger partial charge on any atom is 0.332 e. The molecule has 0 saturated heterocycles. The van der Waals surface area contributed by atoms with E-state index in [0.717, 1.165) is 24.8 Å². The summed E-state index contributed by atoms with van der Waals surface area (Å²) >= 11 is 0. The minimum Gasteiger partial charge on any atom is -0.464 e. The predicted molar refractivity (Wildman–Crippen MR) is 74.4 cm³/mol. The van der Waals surface area contributed by atoms with E-state index in [9.17, 15) is 9.59 Å². The second-order valence-electron chi connectivity index (χ2n) is 4.63. The van der Waals surface area contributed by atoms with Crippen LogP contribution in [0.15, 0.2) is 11.6 Å². The highest BCUT2D eigenvalue weighted by molar-refractivity contribution is 5.98. The van der Waals surface area contributed by atoms with E-state index >= 15 is 0 Å². The Hall–Kier alpha value is -1.20. The van der Waals surface area contributed by atoms with Crippen molar-refractivity contribution in [1.82, 2.24) is 0 Å². The van der Waals surface area contributed by atoms with E-state index in [1.807, 2.05) is 13.0 Å². The normalized spacial score (nSPS) is 18.2. The maximum atomic E-state index is 11.7. The van der Waals surface area contributed by atoms with Crippen molar-refractivity contribution in [1.29, 1.82) is 0 Å². The molecule has 1 aliphatic carbocycles. The Morgan fingerprint density at radius 2 is 2.10 bits per heavy atom. The fourth-order valence-electron chi connectivity index (χ4n) is 2.11. The number of ketones is 1. The molecule has 0 N–H and O–H groups in total. The van der Waals surface area contributed by atoms with Gasteiger partial charge in [-0.2, -0.15) is 0 Å². The first-order valence-electron chi connectivity index (χ1n) is 7.26. The molecule has 0 fully saturated rings. The van der Waals surface area contributed by atoms with Crippen molar-refractivity contribution in [3.05, 3.63) is 11.6 Å². The zero-order valence-electron chi connectivity index (χ0n) is 12.4. The van der Waals surface area contributed by atoms with Gasteiger partial charge in [-0.25, -0.2) is 4.79 Å². The summed E-state index contributed by atoms with van der Waals surface area (Å²) in [7, 11) is 0. The van der Waals surface area contributed by atoms with Crippen molar-refractivity contribution in [3.8, 4) is 0 Å². The van der Waals surface area contributed by atoms with Crippen LogP contribution >= 0.6 is 0 Å². The summed E-state index contributed by atoms with van der Waals surface area (Å²) in [6, 6.07) is 0. The van der Waals surface area contributed by atoms with E-state index in [2.05, 4.69) is 0 Å². The molecule has 1 rings (SSSR count). The summed E-state index contributed by atoms with van der Waals surface area (Å²) < 4.78 is 15.4. The third-order valence-electron chi connectivity index (χ3n) is 3.02. The van der Waals surface area contributed by atoms with Crippen LogP contribution in [0, 0.1) is 0 Å². The number of hydrogen-bond donors (Lipinski definition) is 0. The van der Waals surface area contributed by atoms with Crippen molar-refractivity contribution in [2.75, 3.05) is 26.4 Å². The third-order valence-corrected chi connectivity index (χ3v) is 3.02. The molecule has 0 aromatic rings. The summed E-state index contributed by atoms with van der Waals surface area (Å²) in [6.45, 7) is 5.21. The molecule has 0 heterocycles. The summed E-state index contributed by atoms with van der Waals surface area (Å²) in [5.41, 5.74) is 0.869. The van der Waals surface area contributed by atoms with Crippen LogP contribution in [0.2, 0.25) is 0 Å². The highest BCUT2D eigenvalue weighted by Gasteiger charge is 2.23. The Morgan fingerprint density at radius 1 is 1.30 bits per heavy atom. The average Bonchev–Trinajstić information content (AvgIpc) is 2.75. The van der Waals surface area contributed by atoms with Crippen LogP contribution < -0.4 is 0 Å². The van der Waals surface area contributed by atoms with E-state index in [4.69, 9.17) is 14.2 Å². The molecular weight excluding hydrogens is 260 g/mol. The number of unbranched alkanes of at least 4 members (excludes halogenated alkanes) is 1. The first kappa shape index (κ1) is 16.9. The van der Waals surface area contributed by atoms with Crippen molar-refractivity contribution < 1.29 is 23.8 Å². The van der Waals surface area contributed by atoms with Crippen LogP contribution in [0.3, 0.4) is 0 Å². The number of rotatable bonds is 10. The number of hydrogen-bond acceptors (Lipinski definition) is 5. The lowest BCUT2D eigenvalue weighted by Gasteiger charge is -2.04. The molecule has 0 saturated carbocycles. The van der Waals surface area contributed by atoms with Gasteiger partial charge in [0.05, 0.1) is 12.7 Å². The average molecular weight is 284 g/mol. The highest BCUT2D eigenvalue weighted by Crippen LogP contribution is 2.22. The van der Waals surface area contributed by atoms with Crippen LogP contribution in [0.1, 0.15) is 39.5 Å². The standard InChI is InChI=1S/C15H24O5/c1-3-19-13-9-12(14(16)10-13)7-5-6-8-18-11-15(17)20-4-2/h9,13H,3-8,10-11H2,1-2H3. The quantitative estimate of drug-likeness (QED) is 0.454. The molecule has 0 spiro atoms. The van der Waals surface area contributed by atoms with Crippen molar-refractivity contribution >= 4 is 11.8 Å². The lowest BCUT2D eigenvalue weighted by atomic mass is 10.1. The van der Waals surface area contributed by atoms with Gasteiger partial charge in [0.15, 0.2) is 5.78 Å². The summed E-state index contributed by atoms with van der Waals surface area (Å²) in [4.78, 5) is 22.7. The first-order valence-corrected chi connectivity index (χ1v) is 7.26. The van der Waals surface area contributed by atoms with Crippen LogP contribution in [-0.4, -0.2) is 44.3 Å². The van der Waals surface area contributed by atoms with Crippen LogP contribution in [-0.2, 0) is 23.8 Å². The summed E-state index contributed by atoms with van der Waals surface area (Å²) in [6.07, 6.45) is 4.82. The summed E-state index contributed by atoms with van der Waals surface area (Å²) in [5.74, 6) is -0.142. The Bertz CT molecular complexity index is 348. The van der Waals surface area contributed by atoms with Gasteiger partial charge in [-0.15, -0.1) is 0 Å². The largest absolute Gasteiger partial charge is 0.464 e. The minimum absolute atomic E-state index is 0.00187. The maximum absolute atomic E-state index is 11.7. The zero-order chi connectivity index (χ0) is 14.8. The molecule has 1 atom stereocenters. The van der Waals surface area contributed by atoms with Gasteiger partial charge >= 0.3 is 5.97 Å². The van der Waals surface area contributed by atoms with Crippen LogP contribution in [0.25, 0.3) is 0 Å². The monoisotopic (exact) mass is 284 g/mol. The molecule has 1 aliphatic rings. The van der Waals surface area contributed by atoms with Gasteiger partial charge in [0.1, 0.15) is 6.61 Å².